The normalized spacial score (nSPS) is 12.6. The van der Waals surface area contributed by atoms with Crippen LogP contribution in [0, 0.1) is 0 Å². The lowest BCUT2D eigenvalue weighted by molar-refractivity contribution is 0.488. The van der Waals surface area contributed by atoms with Gasteiger partial charge in [-0.2, -0.15) is 10.2 Å². The molecule has 0 aliphatic heterocycles. The Kier molecular flexibility index (Phi) is 2.55. The minimum Gasteiger partial charge on any atom is -0.469 e. The van der Waals surface area contributed by atoms with Gasteiger partial charge in [0, 0.05) is 18.7 Å². The number of nitrogens with two attached hydrogens (primary N) is 1. The van der Waals surface area contributed by atoms with Crippen LogP contribution in [0.25, 0.3) is 0 Å². The van der Waals surface area contributed by atoms with Crippen molar-refractivity contribution in [3.8, 4) is 0 Å². The second-order valence-electron chi connectivity index (χ2n) is 3.07. The lowest BCUT2D eigenvalue weighted by Gasteiger charge is -2.08. The fourth-order valence-corrected chi connectivity index (χ4v) is 1.28. The quantitative estimate of drug-likeness (QED) is 0.790. The Labute approximate surface area is 81.8 Å². The van der Waals surface area contributed by atoms with E-state index in [1.54, 1.807) is 18.7 Å². The molecule has 4 nitrogen and oxygen atoms in total. The second kappa shape index (κ2) is 4.02. The summed E-state index contributed by atoms with van der Waals surface area (Å²) in [6.07, 6.45) is 5.64. The van der Waals surface area contributed by atoms with Gasteiger partial charge in [-0.25, -0.2) is 0 Å². The Bertz CT molecular complexity index is 372. The standard InChI is InChI=1S/C10H11N3O/c11-10(6-9-2-1-5-14-9)8-3-4-12-13-7-8/h1-5,7,10H,6,11H2. The first-order valence-electron chi connectivity index (χ1n) is 4.41. The molecule has 0 aliphatic rings. The van der Waals surface area contributed by atoms with Gasteiger partial charge in [-0.1, -0.05) is 0 Å². The molecule has 0 aliphatic carbocycles. The zero-order valence-electron chi connectivity index (χ0n) is 7.63. The summed E-state index contributed by atoms with van der Waals surface area (Å²) in [5.74, 6) is 0.884. The molecule has 2 aromatic heterocycles. The summed E-state index contributed by atoms with van der Waals surface area (Å²) in [6.45, 7) is 0. The van der Waals surface area contributed by atoms with Crippen LogP contribution in [-0.2, 0) is 6.42 Å². The molecule has 0 saturated carbocycles. The predicted molar refractivity (Wildman–Crippen MR) is 51.4 cm³/mol. The van der Waals surface area contributed by atoms with E-state index in [2.05, 4.69) is 10.2 Å². The Morgan fingerprint density at radius 3 is 2.93 bits per heavy atom. The number of hydrogen-bond donors (Lipinski definition) is 1. The molecule has 2 aromatic rings. The summed E-state index contributed by atoms with van der Waals surface area (Å²) in [6, 6.07) is 5.54. The van der Waals surface area contributed by atoms with Crippen molar-refractivity contribution in [2.75, 3.05) is 0 Å². The monoisotopic (exact) mass is 189 g/mol. The maximum atomic E-state index is 5.96. The molecule has 2 heterocycles. The van der Waals surface area contributed by atoms with Crippen molar-refractivity contribution in [1.29, 1.82) is 0 Å². The van der Waals surface area contributed by atoms with Crippen LogP contribution in [0.2, 0.25) is 0 Å². The molecule has 0 fully saturated rings. The van der Waals surface area contributed by atoms with Gasteiger partial charge >= 0.3 is 0 Å². The average Bonchev–Trinajstić information content (AvgIpc) is 2.72. The zero-order valence-corrected chi connectivity index (χ0v) is 7.63. The maximum Gasteiger partial charge on any atom is 0.105 e. The average molecular weight is 189 g/mol. The molecule has 14 heavy (non-hydrogen) atoms. The van der Waals surface area contributed by atoms with E-state index in [-0.39, 0.29) is 6.04 Å². The van der Waals surface area contributed by atoms with Crippen molar-refractivity contribution in [3.63, 3.8) is 0 Å². The fraction of sp³-hybridized carbons (Fsp3) is 0.200. The van der Waals surface area contributed by atoms with E-state index in [0.717, 1.165) is 11.3 Å². The molecule has 0 bridgehead atoms. The molecule has 0 radical (unpaired) electrons. The molecule has 1 unspecified atom stereocenters. The zero-order chi connectivity index (χ0) is 9.80. The van der Waals surface area contributed by atoms with Crippen molar-refractivity contribution < 1.29 is 4.42 Å². The minimum atomic E-state index is -0.0864. The number of furan rings is 1. The van der Waals surface area contributed by atoms with Gasteiger partial charge in [-0.15, -0.1) is 0 Å². The lowest BCUT2D eigenvalue weighted by atomic mass is 10.1. The van der Waals surface area contributed by atoms with E-state index in [9.17, 15) is 0 Å². The van der Waals surface area contributed by atoms with Gasteiger partial charge in [-0.3, -0.25) is 0 Å². The first kappa shape index (κ1) is 8.90. The van der Waals surface area contributed by atoms with Crippen LogP contribution in [0.15, 0.2) is 41.3 Å². The third-order valence-corrected chi connectivity index (χ3v) is 2.04. The molecular weight excluding hydrogens is 178 g/mol. The Balaban J connectivity index is 2.07. The summed E-state index contributed by atoms with van der Waals surface area (Å²) < 4.78 is 5.21. The molecule has 0 saturated heterocycles. The van der Waals surface area contributed by atoms with Crippen molar-refractivity contribution in [1.82, 2.24) is 10.2 Å². The molecule has 0 amide bonds. The molecule has 72 valence electrons. The van der Waals surface area contributed by atoms with Crippen molar-refractivity contribution in [3.05, 3.63) is 48.2 Å². The smallest absolute Gasteiger partial charge is 0.105 e. The summed E-state index contributed by atoms with van der Waals surface area (Å²) in [5.41, 5.74) is 6.93. The van der Waals surface area contributed by atoms with Crippen LogP contribution >= 0.6 is 0 Å². The SMILES string of the molecule is NC(Cc1ccco1)c1ccnnc1. The predicted octanol–water partition coefficient (Wildman–Crippen LogP) is 1.31. The maximum absolute atomic E-state index is 5.96. The molecule has 0 spiro atoms. The van der Waals surface area contributed by atoms with E-state index >= 15 is 0 Å². The van der Waals surface area contributed by atoms with Gasteiger partial charge in [0.2, 0.25) is 0 Å². The van der Waals surface area contributed by atoms with Crippen molar-refractivity contribution in [2.24, 2.45) is 5.73 Å². The van der Waals surface area contributed by atoms with E-state index in [1.807, 2.05) is 18.2 Å². The summed E-state index contributed by atoms with van der Waals surface area (Å²) >= 11 is 0. The van der Waals surface area contributed by atoms with E-state index in [4.69, 9.17) is 10.2 Å². The van der Waals surface area contributed by atoms with Crippen LogP contribution in [-0.4, -0.2) is 10.2 Å². The molecule has 1 atom stereocenters. The second-order valence-corrected chi connectivity index (χ2v) is 3.07. The number of rotatable bonds is 3. The highest BCUT2D eigenvalue weighted by Crippen LogP contribution is 2.14. The highest BCUT2D eigenvalue weighted by Gasteiger charge is 2.08. The third kappa shape index (κ3) is 1.97. The minimum absolute atomic E-state index is 0.0864. The number of hydrogen-bond acceptors (Lipinski definition) is 4. The van der Waals surface area contributed by atoms with Crippen molar-refractivity contribution >= 4 is 0 Å². The number of aromatic nitrogens is 2. The van der Waals surface area contributed by atoms with Crippen LogP contribution in [0.4, 0.5) is 0 Å². The first-order chi connectivity index (χ1) is 6.86. The van der Waals surface area contributed by atoms with Gasteiger partial charge in [-0.05, 0) is 23.8 Å². The summed E-state index contributed by atoms with van der Waals surface area (Å²) in [5, 5.41) is 7.47. The topological polar surface area (TPSA) is 64.9 Å². The highest BCUT2D eigenvalue weighted by atomic mass is 16.3. The van der Waals surface area contributed by atoms with Crippen molar-refractivity contribution in [2.45, 2.75) is 12.5 Å². The molecule has 2 rings (SSSR count). The van der Waals surface area contributed by atoms with Crippen LogP contribution in [0.1, 0.15) is 17.4 Å². The van der Waals surface area contributed by atoms with Crippen LogP contribution < -0.4 is 5.73 Å². The molecular formula is C10H11N3O. The Morgan fingerprint density at radius 1 is 1.36 bits per heavy atom. The fourth-order valence-electron chi connectivity index (χ4n) is 1.28. The molecule has 2 N–H and O–H groups in total. The van der Waals surface area contributed by atoms with Gasteiger partial charge in [0.05, 0.1) is 12.5 Å². The van der Waals surface area contributed by atoms with E-state index in [1.165, 1.54) is 0 Å². The van der Waals surface area contributed by atoms with Gasteiger partial charge < -0.3 is 10.2 Å². The molecule has 4 heteroatoms. The molecule has 0 aromatic carbocycles. The summed E-state index contributed by atoms with van der Waals surface area (Å²) in [7, 11) is 0. The van der Waals surface area contributed by atoms with E-state index < -0.39 is 0 Å². The summed E-state index contributed by atoms with van der Waals surface area (Å²) in [4.78, 5) is 0. The van der Waals surface area contributed by atoms with Crippen LogP contribution in [0.3, 0.4) is 0 Å². The Morgan fingerprint density at radius 2 is 2.29 bits per heavy atom. The number of nitrogens with zero attached hydrogens (tertiary/aromatic N) is 2. The Hall–Kier alpha value is -1.68. The van der Waals surface area contributed by atoms with Gasteiger partial charge in [0.1, 0.15) is 5.76 Å². The van der Waals surface area contributed by atoms with Crippen LogP contribution in [0.5, 0.6) is 0 Å². The van der Waals surface area contributed by atoms with Gasteiger partial charge in [0.25, 0.3) is 0 Å². The van der Waals surface area contributed by atoms with E-state index in [0.29, 0.717) is 6.42 Å². The van der Waals surface area contributed by atoms with Gasteiger partial charge in [0.15, 0.2) is 0 Å². The largest absolute Gasteiger partial charge is 0.469 e. The third-order valence-electron chi connectivity index (χ3n) is 2.04. The first-order valence-corrected chi connectivity index (χ1v) is 4.41. The lowest BCUT2D eigenvalue weighted by Crippen LogP contribution is -2.13. The highest BCUT2D eigenvalue weighted by molar-refractivity contribution is 5.13.